The van der Waals surface area contributed by atoms with E-state index in [1.807, 2.05) is 6.07 Å². The smallest absolute Gasteiger partial charge is 0.269 e. The maximum absolute atomic E-state index is 11.8. The largest absolute Gasteiger partial charge is 0.350 e. The molecule has 2 amide bonds. The number of nitrogens with one attached hydrogen (secondary N) is 2. The number of aromatic nitrogens is 1. The van der Waals surface area contributed by atoms with Crippen LogP contribution in [0.25, 0.3) is 0 Å². The fraction of sp³-hybridized carbons (Fsp3) is 0.400. The first-order valence-electron chi connectivity index (χ1n) is 6.78. The second-order valence-corrected chi connectivity index (χ2v) is 4.53. The van der Waals surface area contributed by atoms with Gasteiger partial charge in [-0.15, -0.1) is 0 Å². The summed E-state index contributed by atoms with van der Waals surface area (Å²) in [6.07, 6.45) is 6.07. The Bertz CT molecular complexity index is 455. The molecule has 0 aromatic carbocycles. The number of pyridine rings is 1. The molecule has 0 saturated carbocycles. The Morgan fingerprint density at radius 1 is 1.45 bits per heavy atom. The van der Waals surface area contributed by atoms with E-state index in [1.165, 1.54) is 0 Å². The van der Waals surface area contributed by atoms with Gasteiger partial charge in [-0.25, -0.2) is 0 Å². The molecule has 1 rings (SSSR count). The van der Waals surface area contributed by atoms with E-state index in [0.717, 1.165) is 24.8 Å². The summed E-state index contributed by atoms with van der Waals surface area (Å²) in [5, 5.41) is 5.18. The van der Waals surface area contributed by atoms with Crippen LogP contribution in [0.5, 0.6) is 0 Å². The topological polar surface area (TPSA) is 71.1 Å². The molecule has 5 nitrogen and oxygen atoms in total. The predicted octanol–water partition coefficient (Wildman–Crippen LogP) is 1.80. The zero-order chi connectivity index (χ0) is 14.8. The van der Waals surface area contributed by atoms with E-state index in [-0.39, 0.29) is 5.91 Å². The Morgan fingerprint density at radius 3 is 2.85 bits per heavy atom. The van der Waals surface area contributed by atoms with Crippen LogP contribution in [0.15, 0.2) is 30.6 Å². The number of carbonyl (C=O) groups is 2. The summed E-state index contributed by atoms with van der Waals surface area (Å²) < 4.78 is 0. The van der Waals surface area contributed by atoms with Crippen LogP contribution in [0.2, 0.25) is 0 Å². The third-order valence-corrected chi connectivity index (χ3v) is 2.85. The Kier molecular flexibility index (Phi) is 7.03. The van der Waals surface area contributed by atoms with Crippen molar-refractivity contribution < 1.29 is 9.59 Å². The van der Waals surface area contributed by atoms with Crippen molar-refractivity contribution in [3.8, 4) is 0 Å². The molecule has 0 aliphatic heterocycles. The van der Waals surface area contributed by atoms with Gasteiger partial charge in [-0.1, -0.05) is 26.0 Å². The van der Waals surface area contributed by atoms with Gasteiger partial charge in [-0.3, -0.25) is 14.6 Å². The maximum Gasteiger partial charge on any atom is 0.269 e. The molecule has 0 atom stereocenters. The van der Waals surface area contributed by atoms with E-state index in [0.29, 0.717) is 30.8 Å². The third kappa shape index (κ3) is 5.65. The normalized spacial score (nSPS) is 9.85. The molecule has 5 heteroatoms. The Labute approximate surface area is 119 Å². The highest BCUT2D eigenvalue weighted by molar-refractivity contribution is 5.92. The highest BCUT2D eigenvalue weighted by Gasteiger charge is 2.06. The minimum absolute atomic E-state index is 0.217. The molecule has 0 radical (unpaired) electrons. The molecule has 1 heterocycles. The molecule has 0 spiro atoms. The molecule has 2 N–H and O–H groups in total. The first-order valence-corrected chi connectivity index (χ1v) is 6.78. The summed E-state index contributed by atoms with van der Waals surface area (Å²) in [4.78, 5) is 26.1. The molecule has 1 aromatic heterocycles. The van der Waals surface area contributed by atoms with Crippen LogP contribution in [-0.4, -0.2) is 23.8 Å². The van der Waals surface area contributed by atoms with Crippen molar-refractivity contribution in [1.29, 1.82) is 0 Å². The summed E-state index contributed by atoms with van der Waals surface area (Å²) >= 11 is 0. The zero-order valence-electron chi connectivity index (χ0n) is 11.8. The molecular formula is C15H21N3O2. The molecule has 108 valence electrons. The van der Waals surface area contributed by atoms with E-state index in [4.69, 9.17) is 0 Å². The number of rotatable bonds is 9. The highest BCUT2D eigenvalue weighted by atomic mass is 16.2. The second kappa shape index (κ2) is 8.85. The van der Waals surface area contributed by atoms with Gasteiger partial charge in [0.05, 0.1) is 0 Å². The van der Waals surface area contributed by atoms with Gasteiger partial charge in [0.25, 0.3) is 5.91 Å². The number of amides is 2. The standard InChI is InChI=1S/C15H21N3O2/c1-3-4-5-13-6-7-14(17-10-13)15(20)16-9-8-12(2)18-11-19/h6-7,10-11H,2-5,8-9H2,1H3,(H,16,20)(H,18,19). The fourth-order valence-electron chi connectivity index (χ4n) is 1.66. The van der Waals surface area contributed by atoms with E-state index in [1.54, 1.807) is 12.3 Å². The van der Waals surface area contributed by atoms with Crippen LogP contribution in [0.4, 0.5) is 0 Å². The lowest BCUT2D eigenvalue weighted by molar-refractivity contribution is -0.108. The zero-order valence-corrected chi connectivity index (χ0v) is 11.8. The van der Waals surface area contributed by atoms with Crippen LogP contribution in [0.3, 0.4) is 0 Å². The van der Waals surface area contributed by atoms with E-state index >= 15 is 0 Å². The predicted molar refractivity (Wildman–Crippen MR) is 78.1 cm³/mol. The average Bonchev–Trinajstić information content (AvgIpc) is 2.46. The van der Waals surface area contributed by atoms with Crippen LogP contribution in [0, 0.1) is 0 Å². The quantitative estimate of drug-likeness (QED) is 0.675. The molecular weight excluding hydrogens is 254 g/mol. The lowest BCUT2D eigenvalue weighted by Gasteiger charge is -2.06. The van der Waals surface area contributed by atoms with E-state index < -0.39 is 0 Å². The van der Waals surface area contributed by atoms with Crippen LogP contribution in [-0.2, 0) is 11.2 Å². The molecule has 0 bridgehead atoms. The van der Waals surface area contributed by atoms with Crippen molar-refractivity contribution in [2.24, 2.45) is 0 Å². The Hall–Kier alpha value is -2.17. The highest BCUT2D eigenvalue weighted by Crippen LogP contribution is 2.05. The molecule has 0 fully saturated rings. The van der Waals surface area contributed by atoms with Gasteiger partial charge in [0.1, 0.15) is 5.69 Å². The molecule has 0 unspecified atom stereocenters. The summed E-state index contributed by atoms with van der Waals surface area (Å²) in [7, 11) is 0. The number of hydrogen-bond acceptors (Lipinski definition) is 3. The number of nitrogens with zero attached hydrogens (tertiary/aromatic N) is 1. The summed E-state index contributed by atoms with van der Waals surface area (Å²) in [6, 6.07) is 3.67. The second-order valence-electron chi connectivity index (χ2n) is 4.53. The maximum atomic E-state index is 11.8. The van der Waals surface area contributed by atoms with Gasteiger partial charge in [0, 0.05) is 24.9 Å². The van der Waals surface area contributed by atoms with Crippen molar-refractivity contribution >= 4 is 12.3 Å². The van der Waals surface area contributed by atoms with Gasteiger partial charge in [0.2, 0.25) is 6.41 Å². The van der Waals surface area contributed by atoms with Gasteiger partial charge in [-0.05, 0) is 24.5 Å². The fourth-order valence-corrected chi connectivity index (χ4v) is 1.66. The minimum atomic E-state index is -0.217. The van der Waals surface area contributed by atoms with Crippen molar-refractivity contribution in [3.63, 3.8) is 0 Å². The number of hydrogen-bond donors (Lipinski definition) is 2. The summed E-state index contributed by atoms with van der Waals surface area (Å²) in [5.74, 6) is -0.217. The van der Waals surface area contributed by atoms with Crippen molar-refractivity contribution in [1.82, 2.24) is 15.6 Å². The van der Waals surface area contributed by atoms with Gasteiger partial charge in [0.15, 0.2) is 0 Å². The third-order valence-electron chi connectivity index (χ3n) is 2.85. The van der Waals surface area contributed by atoms with Crippen molar-refractivity contribution in [2.75, 3.05) is 6.54 Å². The minimum Gasteiger partial charge on any atom is -0.350 e. The lowest BCUT2D eigenvalue weighted by atomic mass is 10.1. The van der Waals surface area contributed by atoms with Crippen molar-refractivity contribution in [2.45, 2.75) is 32.6 Å². The number of aryl methyl sites for hydroxylation is 1. The Morgan fingerprint density at radius 2 is 2.25 bits per heavy atom. The molecule has 0 aliphatic rings. The molecule has 1 aromatic rings. The van der Waals surface area contributed by atoms with Crippen LogP contribution >= 0.6 is 0 Å². The Balaban J connectivity index is 2.39. The van der Waals surface area contributed by atoms with E-state index in [2.05, 4.69) is 29.1 Å². The van der Waals surface area contributed by atoms with Crippen LogP contribution in [0.1, 0.15) is 42.2 Å². The van der Waals surface area contributed by atoms with E-state index in [9.17, 15) is 9.59 Å². The molecule has 0 saturated heterocycles. The molecule has 20 heavy (non-hydrogen) atoms. The summed E-state index contributed by atoms with van der Waals surface area (Å²) in [5.41, 5.74) is 2.12. The number of unbranched alkanes of at least 4 members (excludes halogenated alkanes) is 1. The monoisotopic (exact) mass is 275 g/mol. The number of carbonyl (C=O) groups excluding carboxylic acids is 2. The first kappa shape index (κ1) is 15.9. The van der Waals surface area contributed by atoms with Crippen molar-refractivity contribution in [3.05, 3.63) is 41.9 Å². The lowest BCUT2D eigenvalue weighted by Crippen LogP contribution is -2.26. The summed E-state index contributed by atoms with van der Waals surface area (Å²) in [6.45, 7) is 6.20. The SMILES string of the molecule is C=C(CCNC(=O)c1ccc(CCCC)cn1)NC=O. The van der Waals surface area contributed by atoms with Gasteiger partial charge < -0.3 is 10.6 Å². The average molecular weight is 275 g/mol. The van der Waals surface area contributed by atoms with Gasteiger partial charge in [-0.2, -0.15) is 0 Å². The first-order chi connectivity index (χ1) is 9.67. The van der Waals surface area contributed by atoms with Gasteiger partial charge >= 0.3 is 0 Å². The molecule has 0 aliphatic carbocycles. The van der Waals surface area contributed by atoms with Crippen LogP contribution < -0.4 is 10.6 Å².